The number of carbonyl (C=O) groups is 2. The molecule has 0 spiro atoms. The van der Waals surface area contributed by atoms with Crippen molar-refractivity contribution in [1.29, 1.82) is 0 Å². The van der Waals surface area contributed by atoms with Crippen molar-refractivity contribution in [2.24, 2.45) is 0 Å². The van der Waals surface area contributed by atoms with Gasteiger partial charge < -0.3 is 15.4 Å². The molecular weight excluding hydrogens is 520 g/mol. The third kappa shape index (κ3) is 6.15. The van der Waals surface area contributed by atoms with Crippen molar-refractivity contribution in [3.05, 3.63) is 119 Å². The number of halogens is 4. The Labute approximate surface area is 219 Å². The molecule has 0 bridgehead atoms. The molecule has 1 unspecified atom stereocenters. The summed E-state index contributed by atoms with van der Waals surface area (Å²) >= 11 is 1.04. The minimum atomic E-state index is -1.70. The van der Waals surface area contributed by atoms with Crippen LogP contribution in [0.5, 0.6) is 5.75 Å². The lowest BCUT2D eigenvalue weighted by atomic mass is 10.1. The highest BCUT2D eigenvalue weighted by Gasteiger charge is 2.27. The number of benzene rings is 4. The lowest BCUT2D eigenvalue weighted by molar-refractivity contribution is -0.115. The maximum Gasteiger partial charge on any atom is 0.255 e. The first-order chi connectivity index (χ1) is 18.3. The van der Waals surface area contributed by atoms with E-state index in [1.807, 2.05) is 5.32 Å². The topological polar surface area (TPSA) is 67.4 Å². The zero-order valence-electron chi connectivity index (χ0n) is 19.8. The number of carbonyl (C=O) groups excluding carboxylic acids is 2. The van der Waals surface area contributed by atoms with E-state index in [0.717, 1.165) is 11.8 Å². The monoisotopic (exact) mass is 540 g/mol. The number of hydrogen-bond acceptors (Lipinski definition) is 4. The standard InChI is InChI=1S/C28H20F4N2O3S/c1-37-19-9-5-8-17(14-19)27(35)33-18-10-12-20(13-11-18)38-26(16-6-3-2-4-7-16)28(36)34-25-23(31)21(29)15-22(30)24(25)32/h2-15,26H,1H3,(H,33,35)(H,34,36). The lowest BCUT2D eigenvalue weighted by Gasteiger charge is -2.18. The van der Waals surface area contributed by atoms with Crippen LogP contribution in [0.2, 0.25) is 0 Å². The van der Waals surface area contributed by atoms with Crippen LogP contribution in [0.15, 0.2) is 89.8 Å². The van der Waals surface area contributed by atoms with Crippen LogP contribution < -0.4 is 15.4 Å². The van der Waals surface area contributed by atoms with E-state index in [1.165, 1.54) is 7.11 Å². The fraction of sp³-hybridized carbons (Fsp3) is 0.0714. The van der Waals surface area contributed by atoms with Crippen molar-refractivity contribution in [3.63, 3.8) is 0 Å². The van der Waals surface area contributed by atoms with Gasteiger partial charge in [-0.1, -0.05) is 36.4 Å². The number of anilines is 2. The summed E-state index contributed by atoms with van der Waals surface area (Å²) in [6, 6.07) is 21.6. The first kappa shape index (κ1) is 26.7. The summed E-state index contributed by atoms with van der Waals surface area (Å²) < 4.78 is 60.7. The summed E-state index contributed by atoms with van der Waals surface area (Å²) in [4.78, 5) is 26.2. The van der Waals surface area contributed by atoms with E-state index >= 15 is 0 Å². The number of hydrogen-bond donors (Lipinski definition) is 2. The number of methoxy groups -OCH3 is 1. The third-order valence-corrected chi connectivity index (χ3v) is 6.66. The molecule has 0 aliphatic carbocycles. The van der Waals surface area contributed by atoms with E-state index in [4.69, 9.17) is 4.74 Å². The molecule has 0 radical (unpaired) electrons. The van der Waals surface area contributed by atoms with Crippen molar-refractivity contribution in [2.45, 2.75) is 10.1 Å². The SMILES string of the molecule is COc1cccc(C(=O)Nc2ccc(SC(C(=O)Nc3c(F)c(F)cc(F)c3F)c3ccccc3)cc2)c1. The molecule has 10 heteroatoms. The zero-order valence-corrected chi connectivity index (χ0v) is 20.6. The summed E-state index contributed by atoms with van der Waals surface area (Å²) in [6.45, 7) is 0. The van der Waals surface area contributed by atoms with Crippen molar-refractivity contribution in [2.75, 3.05) is 17.7 Å². The maximum atomic E-state index is 14.2. The van der Waals surface area contributed by atoms with E-state index in [9.17, 15) is 27.2 Å². The van der Waals surface area contributed by atoms with Gasteiger partial charge in [-0.05, 0) is 48.0 Å². The Morgan fingerprint density at radius 3 is 2.08 bits per heavy atom. The Kier molecular flexibility index (Phi) is 8.32. The first-order valence-corrected chi connectivity index (χ1v) is 12.1. The average Bonchev–Trinajstić information content (AvgIpc) is 2.94. The van der Waals surface area contributed by atoms with Crippen molar-refractivity contribution in [3.8, 4) is 5.75 Å². The van der Waals surface area contributed by atoms with Gasteiger partial charge in [-0.25, -0.2) is 17.6 Å². The van der Waals surface area contributed by atoms with Gasteiger partial charge in [0.15, 0.2) is 23.3 Å². The van der Waals surface area contributed by atoms with E-state index < -0.39 is 40.1 Å². The predicted octanol–water partition coefficient (Wildman–Crippen LogP) is 6.98. The van der Waals surface area contributed by atoms with Crippen LogP contribution in [0.3, 0.4) is 0 Å². The molecule has 4 aromatic carbocycles. The molecule has 38 heavy (non-hydrogen) atoms. The minimum absolute atomic E-state index is 0.0678. The van der Waals surface area contributed by atoms with Crippen LogP contribution in [0.25, 0.3) is 0 Å². The molecule has 0 fully saturated rings. The molecule has 0 saturated heterocycles. The van der Waals surface area contributed by atoms with Crippen molar-refractivity contribution in [1.82, 2.24) is 0 Å². The number of amides is 2. The van der Waals surface area contributed by atoms with Gasteiger partial charge in [0.25, 0.3) is 5.91 Å². The molecule has 0 heterocycles. The number of rotatable bonds is 8. The minimum Gasteiger partial charge on any atom is -0.497 e. The van der Waals surface area contributed by atoms with E-state index in [2.05, 4.69) is 5.32 Å². The molecule has 4 rings (SSSR count). The molecule has 5 nitrogen and oxygen atoms in total. The van der Waals surface area contributed by atoms with E-state index in [0.29, 0.717) is 27.5 Å². The highest BCUT2D eigenvalue weighted by atomic mass is 32.2. The summed E-state index contributed by atoms with van der Waals surface area (Å²) in [6.07, 6.45) is 0. The van der Waals surface area contributed by atoms with E-state index in [-0.39, 0.29) is 12.0 Å². The second kappa shape index (κ2) is 11.8. The summed E-state index contributed by atoms with van der Waals surface area (Å²) in [5.74, 6) is -7.37. The molecule has 0 saturated carbocycles. The van der Waals surface area contributed by atoms with Gasteiger partial charge in [-0.3, -0.25) is 9.59 Å². The van der Waals surface area contributed by atoms with Gasteiger partial charge in [0.1, 0.15) is 16.7 Å². The first-order valence-electron chi connectivity index (χ1n) is 11.2. The fourth-order valence-electron chi connectivity index (χ4n) is 3.49. The van der Waals surface area contributed by atoms with Crippen LogP contribution >= 0.6 is 11.8 Å². The molecule has 194 valence electrons. The summed E-state index contributed by atoms with van der Waals surface area (Å²) in [5, 5.41) is 3.72. The van der Waals surface area contributed by atoms with Gasteiger partial charge >= 0.3 is 0 Å². The second-order valence-electron chi connectivity index (χ2n) is 7.95. The van der Waals surface area contributed by atoms with Gasteiger partial charge in [0.05, 0.1) is 7.11 Å². The Morgan fingerprint density at radius 2 is 1.45 bits per heavy atom. The van der Waals surface area contributed by atoms with Gasteiger partial charge in [-0.2, -0.15) is 0 Å². The Morgan fingerprint density at radius 1 is 0.789 bits per heavy atom. The van der Waals surface area contributed by atoms with E-state index in [1.54, 1.807) is 78.9 Å². The van der Waals surface area contributed by atoms with Crippen LogP contribution in [-0.2, 0) is 4.79 Å². The average molecular weight is 541 g/mol. The van der Waals surface area contributed by atoms with Gasteiger partial charge in [-0.15, -0.1) is 11.8 Å². The predicted molar refractivity (Wildman–Crippen MR) is 137 cm³/mol. The molecule has 0 aliphatic rings. The molecule has 2 amide bonds. The quantitative estimate of drug-likeness (QED) is 0.144. The summed E-state index contributed by atoms with van der Waals surface area (Å²) in [7, 11) is 1.50. The van der Waals surface area contributed by atoms with Gasteiger partial charge in [0.2, 0.25) is 5.91 Å². The largest absolute Gasteiger partial charge is 0.497 e. The second-order valence-corrected chi connectivity index (χ2v) is 9.13. The fourth-order valence-corrected chi connectivity index (χ4v) is 4.52. The number of nitrogens with one attached hydrogen (secondary N) is 2. The zero-order chi connectivity index (χ0) is 27.2. The Hall–Kier alpha value is -4.31. The van der Waals surface area contributed by atoms with Crippen LogP contribution in [0.4, 0.5) is 28.9 Å². The van der Waals surface area contributed by atoms with Crippen LogP contribution in [0, 0.1) is 23.3 Å². The Bertz CT molecular complexity index is 1440. The molecular formula is C28H20F4N2O3S. The van der Waals surface area contributed by atoms with Crippen LogP contribution in [-0.4, -0.2) is 18.9 Å². The maximum absolute atomic E-state index is 14.2. The third-order valence-electron chi connectivity index (χ3n) is 5.40. The van der Waals surface area contributed by atoms with Gasteiger partial charge in [0, 0.05) is 22.2 Å². The molecule has 4 aromatic rings. The number of ether oxygens (including phenoxy) is 1. The molecule has 0 aliphatic heterocycles. The molecule has 2 N–H and O–H groups in total. The smallest absolute Gasteiger partial charge is 0.255 e. The summed E-state index contributed by atoms with van der Waals surface area (Å²) in [5.41, 5.74) is 0.173. The molecule has 1 atom stereocenters. The normalized spacial score (nSPS) is 11.5. The highest BCUT2D eigenvalue weighted by Crippen LogP contribution is 2.37. The lowest BCUT2D eigenvalue weighted by Crippen LogP contribution is -2.21. The Balaban J connectivity index is 1.53. The van der Waals surface area contributed by atoms with Crippen molar-refractivity contribution >= 4 is 35.0 Å². The van der Waals surface area contributed by atoms with Crippen LogP contribution in [0.1, 0.15) is 21.2 Å². The molecule has 0 aromatic heterocycles. The van der Waals surface area contributed by atoms with Crippen molar-refractivity contribution < 1.29 is 31.9 Å². The highest BCUT2D eigenvalue weighted by molar-refractivity contribution is 8.00. The number of thioether (sulfide) groups is 1.